The van der Waals surface area contributed by atoms with Crippen LogP contribution in [0.5, 0.6) is 11.6 Å². The number of aromatic nitrogens is 3. The molecule has 3 rings (SSSR count). The van der Waals surface area contributed by atoms with E-state index in [1.165, 1.54) is 24.0 Å². The molecule has 1 amide bonds. The molecule has 0 aliphatic heterocycles. The number of pyridine rings is 1. The number of amides is 1. The van der Waals surface area contributed by atoms with Crippen LogP contribution in [-0.4, -0.2) is 20.4 Å². The molecule has 3 aromatic rings. The maximum Gasteiger partial charge on any atom is 0.328 e. The number of aromatic amines is 1. The Labute approximate surface area is 154 Å². The zero-order chi connectivity index (χ0) is 19.4. The number of ether oxygens (including phenoxy) is 1. The maximum absolute atomic E-state index is 12.0. The Morgan fingerprint density at radius 2 is 1.96 bits per heavy atom. The summed E-state index contributed by atoms with van der Waals surface area (Å²) in [6, 6.07) is 10.2. The fourth-order valence-corrected chi connectivity index (χ4v) is 2.34. The first-order valence-corrected chi connectivity index (χ1v) is 8.21. The largest absolute Gasteiger partial charge is 0.439 e. The lowest BCUT2D eigenvalue weighted by Crippen LogP contribution is -2.32. The van der Waals surface area contributed by atoms with Gasteiger partial charge < -0.3 is 10.1 Å². The summed E-state index contributed by atoms with van der Waals surface area (Å²) in [5, 5.41) is 2.63. The van der Waals surface area contributed by atoms with Gasteiger partial charge in [0.05, 0.1) is 11.9 Å². The molecule has 2 heterocycles. The molecule has 0 unspecified atom stereocenters. The van der Waals surface area contributed by atoms with E-state index in [9.17, 15) is 14.4 Å². The zero-order valence-electron chi connectivity index (χ0n) is 14.9. The Morgan fingerprint density at radius 1 is 1.15 bits per heavy atom. The van der Waals surface area contributed by atoms with Crippen LogP contribution in [0.25, 0.3) is 0 Å². The third-order valence-electron chi connectivity index (χ3n) is 3.93. The van der Waals surface area contributed by atoms with Crippen LogP contribution in [0.2, 0.25) is 0 Å². The Balaban J connectivity index is 1.63. The Hall–Kier alpha value is -3.68. The van der Waals surface area contributed by atoms with Crippen LogP contribution >= 0.6 is 0 Å². The van der Waals surface area contributed by atoms with Gasteiger partial charge in [0.25, 0.3) is 5.56 Å². The number of aryl methyl sites for hydroxylation is 2. The van der Waals surface area contributed by atoms with Crippen LogP contribution in [0.1, 0.15) is 11.1 Å². The highest BCUT2D eigenvalue weighted by Crippen LogP contribution is 2.22. The van der Waals surface area contributed by atoms with E-state index in [2.05, 4.69) is 15.3 Å². The van der Waals surface area contributed by atoms with Gasteiger partial charge in [0.15, 0.2) is 0 Å². The lowest BCUT2D eigenvalue weighted by Gasteiger charge is -2.09. The van der Waals surface area contributed by atoms with Crippen molar-refractivity contribution in [2.24, 2.45) is 0 Å². The van der Waals surface area contributed by atoms with Crippen molar-refractivity contribution in [1.29, 1.82) is 0 Å². The molecule has 2 aromatic heterocycles. The van der Waals surface area contributed by atoms with Crippen LogP contribution in [0, 0.1) is 13.8 Å². The summed E-state index contributed by atoms with van der Waals surface area (Å²) in [4.78, 5) is 40.9. The predicted molar refractivity (Wildman–Crippen MR) is 100 cm³/mol. The smallest absolute Gasteiger partial charge is 0.328 e. The van der Waals surface area contributed by atoms with Crippen molar-refractivity contribution < 1.29 is 9.53 Å². The van der Waals surface area contributed by atoms with E-state index in [-0.39, 0.29) is 6.54 Å². The molecule has 8 nitrogen and oxygen atoms in total. The predicted octanol–water partition coefficient (Wildman–Crippen LogP) is 1.98. The van der Waals surface area contributed by atoms with Gasteiger partial charge in [-0.3, -0.25) is 19.1 Å². The minimum atomic E-state index is -0.645. The first-order valence-electron chi connectivity index (χ1n) is 8.21. The number of nitrogens with one attached hydrogen (secondary N) is 2. The highest BCUT2D eigenvalue weighted by atomic mass is 16.5. The number of carbonyl (C=O) groups is 1. The SMILES string of the molecule is Cc1ccc(Oc2ccc(NC(=O)Cn3ccc(=O)[nH]c3=O)cn2)cc1C. The number of benzene rings is 1. The normalized spacial score (nSPS) is 10.4. The molecule has 0 bridgehead atoms. The fourth-order valence-electron chi connectivity index (χ4n) is 2.34. The molecule has 0 spiro atoms. The molecule has 2 N–H and O–H groups in total. The second kappa shape index (κ2) is 7.69. The van der Waals surface area contributed by atoms with Gasteiger partial charge in [-0.15, -0.1) is 0 Å². The summed E-state index contributed by atoms with van der Waals surface area (Å²) < 4.78 is 6.79. The number of hydrogen-bond acceptors (Lipinski definition) is 5. The molecule has 27 heavy (non-hydrogen) atoms. The Morgan fingerprint density at radius 3 is 2.63 bits per heavy atom. The average Bonchev–Trinajstić information content (AvgIpc) is 2.62. The highest BCUT2D eigenvalue weighted by Gasteiger charge is 2.07. The molecule has 0 aliphatic carbocycles. The maximum atomic E-state index is 12.0. The quantitative estimate of drug-likeness (QED) is 0.718. The molecule has 1 aromatic carbocycles. The molecule has 0 fully saturated rings. The van der Waals surface area contributed by atoms with Gasteiger partial charge in [-0.25, -0.2) is 9.78 Å². The molecule has 0 radical (unpaired) electrons. The van der Waals surface area contributed by atoms with Crippen LogP contribution in [0.3, 0.4) is 0 Å². The van der Waals surface area contributed by atoms with Gasteiger partial charge in [-0.1, -0.05) is 6.07 Å². The number of hydrogen-bond donors (Lipinski definition) is 2. The van der Waals surface area contributed by atoms with E-state index in [1.807, 2.05) is 32.0 Å². The van der Waals surface area contributed by atoms with E-state index in [4.69, 9.17) is 4.74 Å². The standard InChI is InChI=1S/C19H18N4O4/c1-12-3-5-15(9-13(12)2)27-18-6-4-14(10-20-18)21-17(25)11-23-8-7-16(24)22-19(23)26/h3-10H,11H2,1-2H3,(H,21,25)(H,22,24,26). The molecule has 0 aliphatic rings. The van der Waals surface area contributed by atoms with Gasteiger partial charge in [-0.05, 0) is 43.2 Å². The van der Waals surface area contributed by atoms with Crippen molar-refractivity contribution in [3.63, 3.8) is 0 Å². The van der Waals surface area contributed by atoms with Crippen molar-refractivity contribution in [1.82, 2.24) is 14.5 Å². The molecule has 138 valence electrons. The van der Waals surface area contributed by atoms with E-state index >= 15 is 0 Å². The molecule has 0 saturated heterocycles. The van der Waals surface area contributed by atoms with Gasteiger partial charge >= 0.3 is 5.69 Å². The average molecular weight is 366 g/mol. The number of rotatable bonds is 5. The number of carbonyl (C=O) groups excluding carboxylic acids is 1. The topological polar surface area (TPSA) is 106 Å². The van der Waals surface area contributed by atoms with Gasteiger partial charge in [0.1, 0.15) is 12.3 Å². The van der Waals surface area contributed by atoms with Crippen molar-refractivity contribution in [3.05, 3.63) is 80.8 Å². The third-order valence-corrected chi connectivity index (χ3v) is 3.93. The molecular weight excluding hydrogens is 348 g/mol. The van der Waals surface area contributed by atoms with Crippen LogP contribution in [-0.2, 0) is 11.3 Å². The summed E-state index contributed by atoms with van der Waals surface area (Å²) in [6.45, 7) is 3.80. The van der Waals surface area contributed by atoms with Crippen molar-refractivity contribution >= 4 is 11.6 Å². The van der Waals surface area contributed by atoms with Crippen molar-refractivity contribution in [2.45, 2.75) is 20.4 Å². The van der Waals surface area contributed by atoms with Gasteiger partial charge in [-0.2, -0.15) is 0 Å². The Bertz CT molecular complexity index is 1080. The van der Waals surface area contributed by atoms with Gasteiger partial charge in [0, 0.05) is 18.3 Å². The fraction of sp³-hybridized carbons (Fsp3) is 0.158. The molecule has 8 heteroatoms. The van der Waals surface area contributed by atoms with Crippen molar-refractivity contribution in [2.75, 3.05) is 5.32 Å². The highest BCUT2D eigenvalue weighted by molar-refractivity contribution is 5.90. The first kappa shape index (κ1) is 18.1. The zero-order valence-corrected chi connectivity index (χ0v) is 14.9. The second-order valence-electron chi connectivity index (χ2n) is 6.02. The second-order valence-corrected chi connectivity index (χ2v) is 6.02. The van der Waals surface area contributed by atoms with E-state index in [0.29, 0.717) is 17.3 Å². The minimum Gasteiger partial charge on any atom is -0.439 e. The number of anilines is 1. The van der Waals surface area contributed by atoms with E-state index in [1.54, 1.807) is 12.1 Å². The van der Waals surface area contributed by atoms with Crippen LogP contribution in [0.15, 0.2) is 58.4 Å². The summed E-state index contributed by atoms with van der Waals surface area (Å²) in [5.74, 6) is 0.654. The van der Waals surface area contributed by atoms with Crippen LogP contribution in [0.4, 0.5) is 5.69 Å². The summed E-state index contributed by atoms with van der Waals surface area (Å²) in [7, 11) is 0. The third kappa shape index (κ3) is 4.69. The first-order chi connectivity index (χ1) is 12.9. The number of nitrogens with zero attached hydrogens (tertiary/aromatic N) is 2. The summed E-state index contributed by atoms with van der Waals surface area (Å²) in [5.41, 5.74) is 1.60. The monoisotopic (exact) mass is 366 g/mol. The summed E-state index contributed by atoms with van der Waals surface area (Å²) in [6.07, 6.45) is 2.73. The minimum absolute atomic E-state index is 0.226. The molecular formula is C19H18N4O4. The van der Waals surface area contributed by atoms with E-state index in [0.717, 1.165) is 10.1 Å². The van der Waals surface area contributed by atoms with Crippen molar-refractivity contribution in [3.8, 4) is 11.6 Å². The molecule has 0 atom stereocenters. The van der Waals surface area contributed by atoms with Crippen LogP contribution < -0.4 is 21.3 Å². The van der Waals surface area contributed by atoms with Gasteiger partial charge in [0.2, 0.25) is 11.8 Å². The lowest BCUT2D eigenvalue weighted by molar-refractivity contribution is -0.116. The lowest BCUT2D eigenvalue weighted by atomic mass is 10.1. The Kier molecular flexibility index (Phi) is 5.16. The van der Waals surface area contributed by atoms with E-state index < -0.39 is 17.2 Å². The molecule has 0 saturated carbocycles. The summed E-state index contributed by atoms with van der Waals surface area (Å²) >= 11 is 0. The number of H-pyrrole nitrogens is 1.